The van der Waals surface area contributed by atoms with E-state index in [4.69, 9.17) is 14.2 Å². The molecular formula is C34H36F2N2O6. The predicted octanol–water partition coefficient (Wildman–Crippen LogP) is 6.09. The number of hydrogen-bond donors (Lipinski definition) is 2. The summed E-state index contributed by atoms with van der Waals surface area (Å²) in [5, 5.41) is 13.5. The van der Waals surface area contributed by atoms with E-state index in [1.54, 1.807) is 6.07 Å². The third-order valence-electron chi connectivity index (χ3n) is 8.80. The van der Waals surface area contributed by atoms with Crippen LogP contribution in [-0.2, 0) is 22.4 Å². The summed E-state index contributed by atoms with van der Waals surface area (Å²) in [7, 11) is 0. The van der Waals surface area contributed by atoms with Crippen LogP contribution in [0.1, 0.15) is 60.9 Å². The number of hydrogen-bond acceptors (Lipinski definition) is 6. The molecule has 3 aromatic rings. The summed E-state index contributed by atoms with van der Waals surface area (Å²) in [5.41, 5.74) is 3.12. The Balaban J connectivity index is 1.32. The van der Waals surface area contributed by atoms with Crippen LogP contribution in [0.4, 0.5) is 14.5 Å². The first-order valence-corrected chi connectivity index (χ1v) is 15.2. The fourth-order valence-electron chi connectivity index (χ4n) is 6.40. The number of rotatable bonds is 11. The monoisotopic (exact) mass is 606 g/mol. The lowest BCUT2D eigenvalue weighted by Gasteiger charge is -2.27. The smallest absolute Gasteiger partial charge is 0.309 e. The molecule has 1 unspecified atom stereocenters. The first-order chi connectivity index (χ1) is 21.2. The molecule has 3 aliphatic rings. The molecule has 8 nitrogen and oxygen atoms in total. The van der Waals surface area contributed by atoms with Gasteiger partial charge in [-0.15, -0.1) is 0 Å². The van der Waals surface area contributed by atoms with Gasteiger partial charge in [0, 0.05) is 24.2 Å². The van der Waals surface area contributed by atoms with E-state index >= 15 is 0 Å². The third-order valence-corrected chi connectivity index (χ3v) is 8.80. The van der Waals surface area contributed by atoms with Gasteiger partial charge >= 0.3 is 5.97 Å². The summed E-state index contributed by atoms with van der Waals surface area (Å²) in [4.78, 5) is 28.3. The van der Waals surface area contributed by atoms with Gasteiger partial charge in [0.1, 0.15) is 11.6 Å². The van der Waals surface area contributed by atoms with Crippen molar-refractivity contribution >= 4 is 17.6 Å². The van der Waals surface area contributed by atoms with Crippen LogP contribution in [0.15, 0.2) is 48.5 Å². The minimum absolute atomic E-state index is 0.00551. The van der Waals surface area contributed by atoms with E-state index in [0.29, 0.717) is 59.1 Å². The molecule has 10 heteroatoms. The fourth-order valence-corrected chi connectivity index (χ4v) is 6.40. The number of benzene rings is 3. The van der Waals surface area contributed by atoms with Gasteiger partial charge in [-0.25, -0.2) is 8.78 Å². The van der Waals surface area contributed by atoms with Gasteiger partial charge < -0.3 is 24.6 Å². The van der Waals surface area contributed by atoms with Gasteiger partial charge in [0.2, 0.25) is 18.4 Å². The van der Waals surface area contributed by atoms with E-state index in [-0.39, 0.29) is 43.1 Å². The van der Waals surface area contributed by atoms with Crippen molar-refractivity contribution in [2.45, 2.75) is 51.5 Å². The van der Waals surface area contributed by atoms with Crippen LogP contribution in [0.3, 0.4) is 0 Å². The SMILES string of the molecule is CCc1cc(F)cc(CC)c1NC(=O)CN1C[C@H](c2cc(F)c3c(c2)OCO3)C(C(=O)O)[C@@H]1c1ccc(OCC2CC2)cc1. The molecule has 6 rings (SSSR count). The summed E-state index contributed by atoms with van der Waals surface area (Å²) >= 11 is 0. The number of nitrogens with zero attached hydrogens (tertiary/aromatic N) is 1. The molecule has 2 heterocycles. The number of aliphatic carboxylic acids is 1. The third kappa shape index (κ3) is 6.08. The quantitative estimate of drug-likeness (QED) is 0.273. The van der Waals surface area contributed by atoms with Crippen molar-refractivity contribution in [1.82, 2.24) is 4.90 Å². The molecule has 2 N–H and O–H groups in total. The van der Waals surface area contributed by atoms with Gasteiger partial charge in [-0.3, -0.25) is 14.5 Å². The van der Waals surface area contributed by atoms with E-state index in [1.807, 2.05) is 43.0 Å². The van der Waals surface area contributed by atoms with Gasteiger partial charge in [-0.2, -0.15) is 0 Å². The zero-order valence-corrected chi connectivity index (χ0v) is 24.8. The molecular weight excluding hydrogens is 570 g/mol. The van der Waals surface area contributed by atoms with Crippen LogP contribution in [0, 0.1) is 23.5 Å². The van der Waals surface area contributed by atoms with Crippen LogP contribution in [0.25, 0.3) is 0 Å². The zero-order chi connectivity index (χ0) is 31.0. The molecule has 0 aromatic heterocycles. The molecule has 0 spiro atoms. The highest BCUT2D eigenvalue weighted by Crippen LogP contribution is 2.48. The molecule has 1 saturated carbocycles. The Kier molecular flexibility index (Phi) is 8.44. The fraction of sp³-hybridized carbons (Fsp3) is 0.412. The summed E-state index contributed by atoms with van der Waals surface area (Å²) in [6, 6.07) is 12.4. The van der Waals surface area contributed by atoms with Crippen LogP contribution in [0.5, 0.6) is 17.2 Å². The van der Waals surface area contributed by atoms with Crippen LogP contribution < -0.4 is 19.5 Å². The number of likely N-dealkylation sites (tertiary alicyclic amines) is 1. The summed E-state index contributed by atoms with van der Waals surface area (Å²) in [6.07, 6.45) is 3.38. The van der Waals surface area contributed by atoms with Crippen molar-refractivity contribution < 1.29 is 37.7 Å². The second-order valence-electron chi connectivity index (χ2n) is 11.8. The molecule has 0 bridgehead atoms. The summed E-state index contributed by atoms with van der Waals surface area (Å²) < 4.78 is 45.7. The normalized spacial score (nSPS) is 21.0. The van der Waals surface area contributed by atoms with Gasteiger partial charge in [-0.1, -0.05) is 26.0 Å². The number of fused-ring (bicyclic) bond motifs is 1. The highest BCUT2D eigenvalue weighted by Gasteiger charge is 2.48. The van der Waals surface area contributed by atoms with Crippen molar-refractivity contribution in [3.05, 3.63) is 82.4 Å². The number of halogens is 2. The summed E-state index contributed by atoms with van der Waals surface area (Å²) in [5.74, 6) is -2.53. The first kappa shape index (κ1) is 29.9. The molecule has 2 fully saturated rings. The molecule has 1 aliphatic carbocycles. The number of carbonyl (C=O) groups excluding carboxylic acids is 1. The van der Waals surface area contributed by atoms with Crippen molar-refractivity contribution in [2.24, 2.45) is 11.8 Å². The van der Waals surface area contributed by atoms with Gasteiger partial charge in [0.25, 0.3) is 0 Å². The first-order valence-electron chi connectivity index (χ1n) is 15.2. The second-order valence-corrected chi connectivity index (χ2v) is 11.8. The Morgan fingerprint density at radius 2 is 1.70 bits per heavy atom. The number of carboxylic acids is 1. The van der Waals surface area contributed by atoms with Gasteiger partial charge in [-0.05, 0) is 90.3 Å². The van der Waals surface area contributed by atoms with Gasteiger partial charge in [0.05, 0.1) is 19.1 Å². The molecule has 1 saturated heterocycles. The van der Waals surface area contributed by atoms with Crippen LogP contribution >= 0.6 is 0 Å². The zero-order valence-electron chi connectivity index (χ0n) is 24.8. The number of amides is 1. The van der Waals surface area contributed by atoms with Gasteiger partial charge in [0.15, 0.2) is 11.6 Å². The molecule has 0 radical (unpaired) electrons. The van der Waals surface area contributed by atoms with E-state index in [9.17, 15) is 23.5 Å². The maximum absolute atomic E-state index is 15.0. The van der Waals surface area contributed by atoms with Crippen LogP contribution in [-0.4, -0.2) is 48.4 Å². The number of carboxylic acid groups (broad SMARTS) is 1. The minimum Gasteiger partial charge on any atom is -0.493 e. The Hall–Kier alpha value is -4.18. The van der Waals surface area contributed by atoms with E-state index < -0.39 is 29.7 Å². The van der Waals surface area contributed by atoms with E-state index in [1.165, 1.54) is 18.2 Å². The highest BCUT2D eigenvalue weighted by atomic mass is 19.1. The predicted molar refractivity (Wildman–Crippen MR) is 159 cm³/mol. The minimum atomic E-state index is -1.06. The Morgan fingerprint density at radius 3 is 2.34 bits per heavy atom. The largest absolute Gasteiger partial charge is 0.493 e. The number of aryl methyl sites for hydroxylation is 2. The van der Waals surface area contributed by atoms with E-state index in [0.717, 1.165) is 12.8 Å². The van der Waals surface area contributed by atoms with Crippen molar-refractivity contribution in [3.8, 4) is 17.2 Å². The Bertz CT molecular complexity index is 1530. The van der Waals surface area contributed by atoms with E-state index in [2.05, 4.69) is 5.32 Å². The average molecular weight is 607 g/mol. The van der Waals surface area contributed by atoms with Crippen molar-refractivity contribution in [2.75, 3.05) is 31.8 Å². The van der Waals surface area contributed by atoms with Crippen LogP contribution in [0.2, 0.25) is 0 Å². The number of nitrogens with one attached hydrogen (secondary N) is 1. The average Bonchev–Trinajstić information content (AvgIpc) is 3.57. The maximum Gasteiger partial charge on any atom is 0.309 e. The number of carbonyl (C=O) groups is 2. The second kappa shape index (κ2) is 12.4. The number of ether oxygens (including phenoxy) is 3. The molecule has 2 aliphatic heterocycles. The highest BCUT2D eigenvalue weighted by molar-refractivity contribution is 5.94. The van der Waals surface area contributed by atoms with Crippen molar-refractivity contribution in [3.63, 3.8) is 0 Å². The standard InChI is InChI=1S/C34H36F2N2O6/c1-3-20-11-24(35)12-21(4-2)31(20)37-29(39)16-38-15-26(23-13-27(36)33-28(14-23)43-18-44-33)30(34(40)41)32(38)22-7-9-25(10-8-22)42-17-19-5-6-19/h7-14,19,26,30,32H,3-6,15-18H2,1-2H3,(H,37,39)(H,40,41)/t26-,30?,32+/m1/s1. The topological polar surface area (TPSA) is 97.3 Å². The lowest BCUT2D eigenvalue weighted by molar-refractivity contribution is -0.143. The number of anilines is 1. The lowest BCUT2D eigenvalue weighted by Crippen LogP contribution is -2.35. The molecule has 1 amide bonds. The Morgan fingerprint density at radius 1 is 1.00 bits per heavy atom. The Labute approximate surface area is 254 Å². The molecule has 3 atom stereocenters. The molecule has 44 heavy (non-hydrogen) atoms. The maximum atomic E-state index is 15.0. The lowest BCUT2D eigenvalue weighted by atomic mass is 9.82. The molecule has 232 valence electrons. The summed E-state index contributed by atoms with van der Waals surface area (Å²) in [6.45, 7) is 4.37. The molecule has 3 aromatic carbocycles. The van der Waals surface area contributed by atoms with Crippen molar-refractivity contribution in [1.29, 1.82) is 0 Å².